The molecular formula is C30H28ClF2N5O4. The zero-order valence-electron chi connectivity index (χ0n) is 22.7. The van der Waals surface area contributed by atoms with Crippen LogP contribution >= 0.6 is 11.6 Å². The van der Waals surface area contributed by atoms with E-state index in [2.05, 4.69) is 32.1 Å². The molecule has 0 radical (unpaired) electrons. The van der Waals surface area contributed by atoms with Gasteiger partial charge in [-0.2, -0.15) is 0 Å². The molecule has 0 saturated carbocycles. The summed E-state index contributed by atoms with van der Waals surface area (Å²) in [6.45, 7) is 6.26. The minimum atomic E-state index is -0.651. The second kappa shape index (κ2) is 13.1. The summed E-state index contributed by atoms with van der Waals surface area (Å²) in [5, 5.41) is 6.34. The van der Waals surface area contributed by atoms with Gasteiger partial charge in [-0.05, 0) is 35.9 Å². The highest BCUT2D eigenvalue weighted by atomic mass is 35.5. The van der Waals surface area contributed by atoms with E-state index in [1.54, 1.807) is 31.4 Å². The van der Waals surface area contributed by atoms with Crippen LogP contribution in [0.1, 0.15) is 5.56 Å². The van der Waals surface area contributed by atoms with Gasteiger partial charge in [0.2, 0.25) is 5.91 Å². The Kier molecular flexibility index (Phi) is 9.11. The minimum Gasteiger partial charge on any atom is -0.490 e. The van der Waals surface area contributed by atoms with Crippen LogP contribution in [0.2, 0.25) is 5.02 Å². The van der Waals surface area contributed by atoms with E-state index < -0.39 is 17.5 Å². The fourth-order valence-electron chi connectivity index (χ4n) is 4.37. The highest BCUT2D eigenvalue weighted by Gasteiger charge is 2.26. The Morgan fingerprint density at radius 3 is 2.71 bits per heavy atom. The third kappa shape index (κ3) is 6.93. The Labute approximate surface area is 246 Å². The number of nitrogens with zero attached hydrogens (tertiary/aromatic N) is 3. The molecule has 0 bridgehead atoms. The van der Waals surface area contributed by atoms with E-state index in [9.17, 15) is 9.18 Å². The van der Waals surface area contributed by atoms with E-state index >= 15 is 4.39 Å². The number of nitrogens with one attached hydrogen (secondary N) is 2. The number of benzene rings is 3. The highest BCUT2D eigenvalue weighted by molar-refractivity contribution is 6.32. The summed E-state index contributed by atoms with van der Waals surface area (Å²) >= 11 is 6.38. The fourth-order valence-corrected chi connectivity index (χ4v) is 4.59. The monoisotopic (exact) mass is 595 g/mol. The van der Waals surface area contributed by atoms with Gasteiger partial charge in [-0.25, -0.2) is 18.7 Å². The van der Waals surface area contributed by atoms with Gasteiger partial charge in [0.25, 0.3) is 0 Å². The van der Waals surface area contributed by atoms with Crippen LogP contribution in [0.25, 0.3) is 10.9 Å². The van der Waals surface area contributed by atoms with Crippen molar-refractivity contribution in [3.05, 3.63) is 89.7 Å². The van der Waals surface area contributed by atoms with Crippen LogP contribution in [0.5, 0.6) is 11.5 Å². The molecule has 0 spiro atoms. The van der Waals surface area contributed by atoms with Gasteiger partial charge in [0.05, 0.1) is 28.0 Å². The highest BCUT2D eigenvalue weighted by Crippen LogP contribution is 2.36. The smallest absolute Gasteiger partial charge is 0.247 e. The molecule has 1 saturated heterocycles. The van der Waals surface area contributed by atoms with E-state index in [-0.39, 0.29) is 35.0 Å². The Bertz CT molecular complexity index is 1620. The summed E-state index contributed by atoms with van der Waals surface area (Å²) in [6, 6.07) is 11.7. The molecule has 1 aliphatic heterocycles. The lowest BCUT2D eigenvalue weighted by molar-refractivity contribution is -0.111. The molecule has 0 unspecified atom stereocenters. The molecule has 0 aliphatic carbocycles. The van der Waals surface area contributed by atoms with E-state index in [1.165, 1.54) is 24.5 Å². The number of halogens is 3. The van der Waals surface area contributed by atoms with Crippen molar-refractivity contribution in [2.45, 2.75) is 12.7 Å². The van der Waals surface area contributed by atoms with Crippen LogP contribution in [0, 0.1) is 11.6 Å². The van der Waals surface area contributed by atoms with Gasteiger partial charge in [-0.3, -0.25) is 9.69 Å². The first-order chi connectivity index (χ1) is 20.3. The summed E-state index contributed by atoms with van der Waals surface area (Å²) in [4.78, 5) is 23.0. The second-order valence-electron chi connectivity index (χ2n) is 9.55. The lowest BCUT2D eigenvalue weighted by Crippen LogP contribution is -2.52. The van der Waals surface area contributed by atoms with Crippen molar-refractivity contribution in [1.82, 2.24) is 14.9 Å². The number of methoxy groups -OCH3 is 1. The predicted octanol–water partition coefficient (Wildman–Crippen LogP) is 5.72. The number of carbonyl (C=O) groups is 1. The molecule has 218 valence electrons. The molecule has 3 aromatic carbocycles. The van der Waals surface area contributed by atoms with Crippen LogP contribution in [-0.2, 0) is 16.1 Å². The summed E-state index contributed by atoms with van der Waals surface area (Å²) < 4.78 is 45.5. The van der Waals surface area contributed by atoms with Gasteiger partial charge < -0.3 is 24.8 Å². The lowest BCUT2D eigenvalue weighted by Gasteiger charge is -2.37. The van der Waals surface area contributed by atoms with Gasteiger partial charge in [0, 0.05) is 44.3 Å². The van der Waals surface area contributed by atoms with Crippen molar-refractivity contribution in [1.29, 1.82) is 0 Å². The number of fused-ring (bicyclic) bond motifs is 1. The largest absolute Gasteiger partial charge is 0.490 e. The molecule has 1 fully saturated rings. The van der Waals surface area contributed by atoms with Crippen LogP contribution in [0.3, 0.4) is 0 Å². The van der Waals surface area contributed by atoms with Crippen molar-refractivity contribution >= 4 is 45.6 Å². The number of hydrogen-bond donors (Lipinski definition) is 2. The van der Waals surface area contributed by atoms with Crippen LogP contribution in [-0.4, -0.2) is 60.2 Å². The predicted molar refractivity (Wildman–Crippen MR) is 157 cm³/mol. The summed E-state index contributed by atoms with van der Waals surface area (Å²) in [5.41, 5.74) is 1.50. The molecule has 5 rings (SSSR count). The lowest BCUT2D eigenvalue weighted by atomic mass is 10.1. The fraction of sp³-hybridized carbons (Fsp3) is 0.233. The molecule has 0 atom stereocenters. The average molecular weight is 596 g/mol. The molecule has 4 aromatic rings. The molecule has 2 N–H and O–H groups in total. The summed E-state index contributed by atoms with van der Waals surface area (Å²) in [5.74, 6) is -0.688. The summed E-state index contributed by atoms with van der Waals surface area (Å²) in [6.07, 6.45) is 2.71. The van der Waals surface area contributed by atoms with E-state index in [0.29, 0.717) is 41.1 Å². The first-order valence-corrected chi connectivity index (χ1v) is 13.4. The Balaban J connectivity index is 1.36. The molecule has 9 nitrogen and oxygen atoms in total. The number of amides is 1. The van der Waals surface area contributed by atoms with Crippen molar-refractivity contribution in [3.63, 3.8) is 0 Å². The number of ether oxygens (including phenoxy) is 3. The average Bonchev–Trinajstić information content (AvgIpc) is 2.95. The molecule has 2 heterocycles. The molecule has 42 heavy (non-hydrogen) atoms. The van der Waals surface area contributed by atoms with Gasteiger partial charge >= 0.3 is 0 Å². The van der Waals surface area contributed by atoms with Crippen molar-refractivity contribution in [3.8, 4) is 11.5 Å². The standard InChI is InChI=1S/C30H28ClF2N5O4/c1-3-29(39)36-26-10-21-24(13-28(26)41-8-7-38-14-20(15-38)40-2)34-17-35-30(21)37-25-11-22(31)27(12-23(25)33)42-16-18-5-4-6-19(32)9-18/h3-6,9-13,17,20H,1,7-8,14-16H2,2H3,(H,36,39)(H,34,35,37). The Hall–Kier alpha value is -4.32. The van der Waals surface area contributed by atoms with Gasteiger partial charge in [-0.1, -0.05) is 30.3 Å². The number of likely N-dealkylation sites (tertiary alicyclic amines) is 1. The number of aromatic nitrogens is 2. The topological polar surface area (TPSA) is 97.8 Å². The molecular weight excluding hydrogens is 568 g/mol. The number of carbonyl (C=O) groups excluding carboxylic acids is 1. The van der Waals surface area contributed by atoms with Gasteiger partial charge in [0.15, 0.2) is 0 Å². The first-order valence-electron chi connectivity index (χ1n) is 13.1. The molecule has 1 aromatic heterocycles. The van der Waals surface area contributed by atoms with Gasteiger partial charge in [-0.15, -0.1) is 0 Å². The summed E-state index contributed by atoms with van der Waals surface area (Å²) in [7, 11) is 1.69. The normalized spacial score (nSPS) is 13.4. The van der Waals surface area contributed by atoms with Crippen molar-refractivity contribution in [2.24, 2.45) is 0 Å². The number of hydrogen-bond acceptors (Lipinski definition) is 8. The second-order valence-corrected chi connectivity index (χ2v) is 9.96. The van der Waals surface area contributed by atoms with Crippen LogP contribution < -0.4 is 20.1 Å². The minimum absolute atomic E-state index is 0.00948. The van der Waals surface area contributed by atoms with E-state index in [4.69, 9.17) is 25.8 Å². The van der Waals surface area contributed by atoms with E-state index in [1.807, 2.05) is 0 Å². The van der Waals surface area contributed by atoms with Crippen molar-refractivity contribution < 1.29 is 27.8 Å². The van der Waals surface area contributed by atoms with Crippen molar-refractivity contribution in [2.75, 3.05) is 44.0 Å². The van der Waals surface area contributed by atoms with Crippen LogP contribution in [0.15, 0.2) is 67.5 Å². The maximum atomic E-state index is 15.1. The zero-order valence-corrected chi connectivity index (χ0v) is 23.5. The molecule has 1 aliphatic rings. The Morgan fingerprint density at radius 1 is 1.12 bits per heavy atom. The maximum absolute atomic E-state index is 15.1. The number of rotatable bonds is 12. The SMILES string of the molecule is C=CC(=O)Nc1cc2c(Nc3cc(Cl)c(OCc4cccc(F)c4)cc3F)ncnc2cc1OCCN1CC(OC)C1. The maximum Gasteiger partial charge on any atom is 0.247 e. The Morgan fingerprint density at radius 2 is 1.95 bits per heavy atom. The molecule has 1 amide bonds. The number of anilines is 3. The molecule has 12 heteroatoms. The third-order valence-electron chi connectivity index (χ3n) is 6.66. The first kappa shape index (κ1) is 29.2. The zero-order chi connectivity index (χ0) is 29.6. The quantitative estimate of drug-likeness (QED) is 0.201. The van der Waals surface area contributed by atoms with E-state index in [0.717, 1.165) is 25.2 Å². The van der Waals surface area contributed by atoms with Crippen LogP contribution in [0.4, 0.5) is 26.0 Å². The third-order valence-corrected chi connectivity index (χ3v) is 6.96. The van der Waals surface area contributed by atoms with Gasteiger partial charge in [0.1, 0.15) is 48.5 Å².